The van der Waals surface area contributed by atoms with E-state index in [0.717, 1.165) is 35.1 Å². The maximum Gasteiger partial charge on any atom is 0.238 e. The minimum Gasteiger partial charge on any atom is -0.325 e. The summed E-state index contributed by atoms with van der Waals surface area (Å²) < 4.78 is 1.02. The minimum absolute atomic E-state index is 0.0539. The standard InChI is InChI=1S/C19H21BrN2O/c1-14-12-16(20)9-10-17(14)21-19(23)13-22-11-5-8-18(22)15-6-3-2-4-7-15/h2-4,6-7,9-10,12,18H,5,8,11,13H2,1H3,(H,21,23). The molecule has 2 aromatic carbocycles. The highest BCUT2D eigenvalue weighted by Gasteiger charge is 2.27. The Morgan fingerprint density at radius 1 is 1.26 bits per heavy atom. The average Bonchev–Trinajstić information content (AvgIpc) is 2.99. The fourth-order valence-corrected chi connectivity index (χ4v) is 3.69. The van der Waals surface area contributed by atoms with Crippen LogP contribution in [-0.2, 0) is 4.79 Å². The Morgan fingerprint density at radius 3 is 2.78 bits per heavy atom. The number of carbonyl (C=O) groups is 1. The van der Waals surface area contributed by atoms with Gasteiger partial charge in [0.25, 0.3) is 0 Å². The molecule has 1 saturated heterocycles. The lowest BCUT2D eigenvalue weighted by Gasteiger charge is -2.24. The maximum absolute atomic E-state index is 12.4. The molecule has 0 radical (unpaired) electrons. The molecule has 3 rings (SSSR count). The van der Waals surface area contributed by atoms with E-state index in [1.807, 2.05) is 31.2 Å². The van der Waals surface area contributed by atoms with Gasteiger partial charge in [-0.15, -0.1) is 0 Å². The zero-order valence-corrected chi connectivity index (χ0v) is 14.8. The van der Waals surface area contributed by atoms with Gasteiger partial charge >= 0.3 is 0 Å². The Labute approximate surface area is 145 Å². The Hall–Kier alpha value is -1.65. The summed E-state index contributed by atoms with van der Waals surface area (Å²) in [6.45, 7) is 3.42. The van der Waals surface area contributed by atoms with Gasteiger partial charge in [0.1, 0.15) is 0 Å². The molecular weight excluding hydrogens is 352 g/mol. The summed E-state index contributed by atoms with van der Waals surface area (Å²) in [6.07, 6.45) is 2.26. The van der Waals surface area contributed by atoms with E-state index in [1.54, 1.807) is 0 Å². The molecule has 0 spiro atoms. The van der Waals surface area contributed by atoms with Crippen LogP contribution in [0.1, 0.15) is 30.0 Å². The molecule has 1 atom stereocenters. The summed E-state index contributed by atoms with van der Waals surface area (Å²) in [6, 6.07) is 16.7. The van der Waals surface area contributed by atoms with Gasteiger partial charge in [-0.1, -0.05) is 46.3 Å². The van der Waals surface area contributed by atoms with Crippen molar-refractivity contribution in [3.63, 3.8) is 0 Å². The van der Waals surface area contributed by atoms with Gasteiger partial charge in [0.15, 0.2) is 0 Å². The number of likely N-dealkylation sites (tertiary alicyclic amines) is 1. The number of aryl methyl sites for hydroxylation is 1. The quantitative estimate of drug-likeness (QED) is 0.854. The Kier molecular flexibility index (Phi) is 5.13. The van der Waals surface area contributed by atoms with Crippen LogP contribution in [0.5, 0.6) is 0 Å². The molecular formula is C19H21BrN2O. The van der Waals surface area contributed by atoms with Crippen molar-refractivity contribution >= 4 is 27.5 Å². The highest BCUT2D eigenvalue weighted by atomic mass is 79.9. The number of hydrogen-bond acceptors (Lipinski definition) is 2. The van der Waals surface area contributed by atoms with Gasteiger partial charge in [0, 0.05) is 16.2 Å². The van der Waals surface area contributed by atoms with E-state index in [-0.39, 0.29) is 5.91 Å². The van der Waals surface area contributed by atoms with E-state index >= 15 is 0 Å². The van der Waals surface area contributed by atoms with Gasteiger partial charge in [-0.25, -0.2) is 0 Å². The van der Waals surface area contributed by atoms with Crippen molar-refractivity contribution in [2.24, 2.45) is 0 Å². The number of amides is 1. The Morgan fingerprint density at radius 2 is 2.04 bits per heavy atom. The minimum atomic E-state index is 0.0539. The molecule has 4 heteroatoms. The smallest absolute Gasteiger partial charge is 0.238 e. The lowest BCUT2D eigenvalue weighted by Crippen LogP contribution is -2.33. The SMILES string of the molecule is Cc1cc(Br)ccc1NC(=O)CN1CCCC1c1ccccc1. The number of hydrogen-bond donors (Lipinski definition) is 1. The molecule has 1 amide bonds. The van der Waals surface area contributed by atoms with Crippen molar-refractivity contribution in [2.45, 2.75) is 25.8 Å². The van der Waals surface area contributed by atoms with Crippen LogP contribution in [0, 0.1) is 6.92 Å². The van der Waals surface area contributed by atoms with Crippen LogP contribution in [-0.4, -0.2) is 23.9 Å². The van der Waals surface area contributed by atoms with Crippen molar-refractivity contribution in [2.75, 3.05) is 18.4 Å². The molecule has 120 valence electrons. The van der Waals surface area contributed by atoms with Gasteiger partial charge in [-0.05, 0) is 55.6 Å². The Bertz CT molecular complexity index is 687. The maximum atomic E-state index is 12.4. The Balaban J connectivity index is 1.65. The van der Waals surface area contributed by atoms with Crippen molar-refractivity contribution in [1.29, 1.82) is 0 Å². The summed E-state index contributed by atoms with van der Waals surface area (Å²) in [7, 11) is 0. The molecule has 23 heavy (non-hydrogen) atoms. The predicted octanol–water partition coefficient (Wildman–Crippen LogP) is 4.53. The van der Waals surface area contributed by atoms with Crippen LogP contribution in [0.2, 0.25) is 0 Å². The van der Waals surface area contributed by atoms with Gasteiger partial charge in [-0.2, -0.15) is 0 Å². The second-order valence-electron chi connectivity index (χ2n) is 6.05. The third-order valence-corrected chi connectivity index (χ3v) is 4.85. The lowest BCUT2D eigenvalue weighted by molar-refractivity contribution is -0.117. The van der Waals surface area contributed by atoms with Gasteiger partial charge in [0.2, 0.25) is 5.91 Å². The van der Waals surface area contributed by atoms with Crippen LogP contribution in [0.4, 0.5) is 5.69 Å². The first-order valence-corrected chi connectivity index (χ1v) is 8.78. The monoisotopic (exact) mass is 372 g/mol. The fourth-order valence-electron chi connectivity index (χ4n) is 3.21. The zero-order valence-electron chi connectivity index (χ0n) is 13.3. The number of anilines is 1. The zero-order chi connectivity index (χ0) is 16.2. The molecule has 1 aliphatic heterocycles. The summed E-state index contributed by atoms with van der Waals surface area (Å²) >= 11 is 3.45. The molecule has 0 saturated carbocycles. The van der Waals surface area contributed by atoms with E-state index in [2.05, 4.69) is 50.4 Å². The van der Waals surface area contributed by atoms with Crippen LogP contribution in [0.15, 0.2) is 53.0 Å². The highest BCUT2D eigenvalue weighted by Crippen LogP contribution is 2.31. The normalized spacial score (nSPS) is 18.1. The van der Waals surface area contributed by atoms with Crippen molar-refractivity contribution in [3.8, 4) is 0 Å². The van der Waals surface area contributed by atoms with E-state index in [0.29, 0.717) is 12.6 Å². The van der Waals surface area contributed by atoms with Crippen LogP contribution >= 0.6 is 15.9 Å². The molecule has 1 aliphatic rings. The first-order chi connectivity index (χ1) is 11.1. The number of nitrogens with zero attached hydrogens (tertiary/aromatic N) is 1. The van der Waals surface area contributed by atoms with Crippen LogP contribution in [0.3, 0.4) is 0 Å². The lowest BCUT2D eigenvalue weighted by atomic mass is 10.0. The molecule has 0 bridgehead atoms. The largest absolute Gasteiger partial charge is 0.325 e. The van der Waals surface area contributed by atoms with E-state index < -0.39 is 0 Å². The summed E-state index contributed by atoms with van der Waals surface area (Å²) in [5, 5.41) is 3.03. The highest BCUT2D eigenvalue weighted by molar-refractivity contribution is 9.10. The molecule has 3 nitrogen and oxygen atoms in total. The van der Waals surface area contributed by atoms with Crippen molar-refractivity contribution in [1.82, 2.24) is 4.90 Å². The van der Waals surface area contributed by atoms with Gasteiger partial charge < -0.3 is 5.32 Å². The second-order valence-corrected chi connectivity index (χ2v) is 6.96. The van der Waals surface area contributed by atoms with E-state index in [1.165, 1.54) is 5.56 Å². The topological polar surface area (TPSA) is 32.3 Å². The third-order valence-electron chi connectivity index (χ3n) is 4.36. The molecule has 0 aliphatic carbocycles. The molecule has 1 unspecified atom stereocenters. The first-order valence-electron chi connectivity index (χ1n) is 7.98. The van der Waals surface area contributed by atoms with Crippen molar-refractivity contribution < 1.29 is 4.79 Å². The van der Waals surface area contributed by atoms with Crippen LogP contribution < -0.4 is 5.32 Å². The average molecular weight is 373 g/mol. The molecule has 1 N–H and O–H groups in total. The summed E-state index contributed by atoms with van der Waals surface area (Å²) in [4.78, 5) is 14.7. The van der Waals surface area contributed by atoms with E-state index in [4.69, 9.17) is 0 Å². The fraction of sp³-hybridized carbons (Fsp3) is 0.316. The van der Waals surface area contributed by atoms with Gasteiger partial charge in [-0.3, -0.25) is 9.69 Å². The number of carbonyl (C=O) groups excluding carboxylic acids is 1. The molecule has 1 heterocycles. The van der Waals surface area contributed by atoms with Crippen LogP contribution in [0.25, 0.3) is 0 Å². The van der Waals surface area contributed by atoms with Gasteiger partial charge in [0.05, 0.1) is 6.54 Å². The second kappa shape index (κ2) is 7.28. The van der Waals surface area contributed by atoms with Crippen molar-refractivity contribution in [3.05, 3.63) is 64.1 Å². The van der Waals surface area contributed by atoms with E-state index in [9.17, 15) is 4.79 Å². The number of nitrogens with one attached hydrogen (secondary N) is 1. The molecule has 2 aromatic rings. The number of benzene rings is 2. The number of rotatable bonds is 4. The molecule has 0 aromatic heterocycles. The molecule has 1 fully saturated rings. The third kappa shape index (κ3) is 4.01. The first kappa shape index (κ1) is 16.2. The number of halogens is 1. The summed E-state index contributed by atoms with van der Waals surface area (Å²) in [5.74, 6) is 0.0539. The predicted molar refractivity (Wildman–Crippen MR) is 97.5 cm³/mol. The summed E-state index contributed by atoms with van der Waals surface area (Å²) in [5.41, 5.74) is 3.25.